The third-order valence-electron chi connectivity index (χ3n) is 3.02. The molecule has 0 aliphatic carbocycles. The van der Waals surface area contributed by atoms with Crippen LogP contribution in [0.3, 0.4) is 0 Å². The number of thiazole rings is 1. The van der Waals surface area contributed by atoms with E-state index in [1.807, 2.05) is 11.3 Å². The van der Waals surface area contributed by atoms with Gasteiger partial charge < -0.3 is 15.1 Å². The highest BCUT2D eigenvalue weighted by molar-refractivity contribution is 7.15. The number of hydrogen-bond donors (Lipinski definition) is 1. The lowest BCUT2D eigenvalue weighted by Crippen LogP contribution is -2.28. The van der Waals surface area contributed by atoms with E-state index < -0.39 is 0 Å². The SMILES string of the molecule is CCCNCc1sc(N(C)CCN(C)C)nc1CC. The van der Waals surface area contributed by atoms with Crippen LogP contribution in [0.5, 0.6) is 0 Å². The molecule has 0 spiro atoms. The molecule has 0 atom stereocenters. The van der Waals surface area contributed by atoms with Crippen LogP contribution in [0, 0.1) is 0 Å². The molecule has 1 rings (SSSR count). The van der Waals surface area contributed by atoms with E-state index in [0.29, 0.717) is 0 Å². The van der Waals surface area contributed by atoms with Crippen LogP contribution in [0.1, 0.15) is 30.8 Å². The Morgan fingerprint density at radius 1 is 1.16 bits per heavy atom. The molecule has 0 fully saturated rings. The van der Waals surface area contributed by atoms with E-state index in [4.69, 9.17) is 4.98 Å². The van der Waals surface area contributed by atoms with Crippen molar-refractivity contribution in [3.63, 3.8) is 0 Å². The van der Waals surface area contributed by atoms with E-state index in [2.05, 4.69) is 50.1 Å². The first-order chi connectivity index (χ1) is 9.08. The second-order valence-corrected chi connectivity index (χ2v) is 6.18. The number of aryl methyl sites for hydroxylation is 1. The Bertz CT molecular complexity index is 362. The molecule has 4 nitrogen and oxygen atoms in total. The van der Waals surface area contributed by atoms with Crippen molar-refractivity contribution in [2.75, 3.05) is 45.7 Å². The van der Waals surface area contributed by atoms with Gasteiger partial charge in [0.25, 0.3) is 0 Å². The molecule has 0 aromatic carbocycles. The topological polar surface area (TPSA) is 31.4 Å². The summed E-state index contributed by atoms with van der Waals surface area (Å²) in [7, 11) is 6.34. The summed E-state index contributed by atoms with van der Waals surface area (Å²) in [4.78, 5) is 10.6. The summed E-state index contributed by atoms with van der Waals surface area (Å²) in [5, 5.41) is 4.62. The van der Waals surface area contributed by atoms with Crippen molar-refractivity contribution in [2.24, 2.45) is 0 Å². The van der Waals surface area contributed by atoms with E-state index in [-0.39, 0.29) is 0 Å². The van der Waals surface area contributed by atoms with Gasteiger partial charge in [-0.2, -0.15) is 0 Å². The minimum Gasteiger partial charge on any atom is -0.350 e. The Labute approximate surface area is 121 Å². The van der Waals surface area contributed by atoms with Crippen LogP contribution in [-0.2, 0) is 13.0 Å². The number of likely N-dealkylation sites (N-methyl/N-ethyl adjacent to an activating group) is 2. The van der Waals surface area contributed by atoms with Gasteiger partial charge in [0.15, 0.2) is 5.13 Å². The van der Waals surface area contributed by atoms with E-state index in [1.54, 1.807) is 0 Å². The molecule has 19 heavy (non-hydrogen) atoms. The van der Waals surface area contributed by atoms with Gasteiger partial charge in [-0.1, -0.05) is 13.8 Å². The maximum atomic E-state index is 4.77. The highest BCUT2D eigenvalue weighted by Gasteiger charge is 2.12. The fraction of sp³-hybridized carbons (Fsp3) is 0.786. The normalized spacial score (nSPS) is 11.3. The summed E-state index contributed by atoms with van der Waals surface area (Å²) < 4.78 is 0. The summed E-state index contributed by atoms with van der Waals surface area (Å²) in [6.07, 6.45) is 2.19. The molecule has 1 N–H and O–H groups in total. The van der Waals surface area contributed by atoms with Crippen molar-refractivity contribution in [1.82, 2.24) is 15.2 Å². The Morgan fingerprint density at radius 3 is 2.47 bits per heavy atom. The molecule has 1 heterocycles. The third-order valence-corrected chi connectivity index (χ3v) is 4.24. The van der Waals surface area contributed by atoms with Gasteiger partial charge in [0, 0.05) is 31.6 Å². The van der Waals surface area contributed by atoms with Crippen molar-refractivity contribution in [1.29, 1.82) is 0 Å². The molecule has 5 heteroatoms. The predicted molar refractivity (Wildman–Crippen MR) is 85.3 cm³/mol. The minimum atomic E-state index is 0.955. The molecule has 0 bridgehead atoms. The molecule has 1 aromatic heterocycles. The zero-order chi connectivity index (χ0) is 14.3. The minimum absolute atomic E-state index is 0.955. The van der Waals surface area contributed by atoms with Crippen LogP contribution >= 0.6 is 11.3 Å². The van der Waals surface area contributed by atoms with Crippen molar-refractivity contribution < 1.29 is 0 Å². The molecule has 0 aliphatic heterocycles. The quantitative estimate of drug-likeness (QED) is 0.705. The molecule has 0 saturated heterocycles. The number of nitrogens with one attached hydrogen (secondary N) is 1. The van der Waals surface area contributed by atoms with E-state index >= 15 is 0 Å². The smallest absolute Gasteiger partial charge is 0.185 e. The van der Waals surface area contributed by atoms with Gasteiger partial charge in [-0.3, -0.25) is 0 Å². The molecular formula is C14H28N4S. The fourth-order valence-electron chi connectivity index (χ4n) is 1.77. The standard InChI is InChI=1S/C14H28N4S/c1-6-8-15-11-13-12(7-2)16-14(19-13)18(5)10-9-17(3)4/h15H,6-11H2,1-5H3. The summed E-state index contributed by atoms with van der Waals surface area (Å²) in [6, 6.07) is 0. The van der Waals surface area contributed by atoms with Gasteiger partial charge in [0.1, 0.15) is 0 Å². The maximum Gasteiger partial charge on any atom is 0.185 e. The van der Waals surface area contributed by atoms with Crippen LogP contribution in [0.25, 0.3) is 0 Å². The Hall–Kier alpha value is -0.650. The molecule has 0 radical (unpaired) electrons. The molecule has 0 aliphatic rings. The van der Waals surface area contributed by atoms with Gasteiger partial charge in [0.05, 0.1) is 5.69 Å². The second kappa shape index (κ2) is 8.51. The number of rotatable bonds is 9. The Kier molecular flexibility index (Phi) is 7.34. The van der Waals surface area contributed by atoms with Crippen molar-refractivity contribution in [3.05, 3.63) is 10.6 Å². The Balaban J connectivity index is 2.63. The molecule has 0 amide bonds. The first kappa shape index (κ1) is 16.4. The fourth-order valence-corrected chi connectivity index (χ4v) is 2.88. The zero-order valence-electron chi connectivity index (χ0n) is 13.0. The maximum absolute atomic E-state index is 4.77. The first-order valence-corrected chi connectivity index (χ1v) is 7.95. The monoisotopic (exact) mass is 284 g/mol. The van der Waals surface area contributed by atoms with E-state index in [9.17, 15) is 0 Å². The van der Waals surface area contributed by atoms with Gasteiger partial charge in [-0.25, -0.2) is 4.98 Å². The molecule has 0 unspecified atom stereocenters. The number of hydrogen-bond acceptors (Lipinski definition) is 5. The summed E-state index contributed by atoms with van der Waals surface area (Å²) in [5.41, 5.74) is 1.25. The predicted octanol–water partition coefficient (Wildman–Crippen LogP) is 2.20. The summed E-state index contributed by atoms with van der Waals surface area (Å²) >= 11 is 1.83. The van der Waals surface area contributed by atoms with Crippen molar-refractivity contribution in [2.45, 2.75) is 33.2 Å². The van der Waals surface area contributed by atoms with Crippen molar-refractivity contribution in [3.8, 4) is 0 Å². The highest BCUT2D eigenvalue weighted by atomic mass is 32.1. The lowest BCUT2D eigenvalue weighted by Gasteiger charge is -2.18. The summed E-state index contributed by atoms with van der Waals surface area (Å²) in [6.45, 7) is 8.48. The van der Waals surface area contributed by atoms with Gasteiger partial charge in [-0.15, -0.1) is 11.3 Å². The number of anilines is 1. The van der Waals surface area contributed by atoms with Gasteiger partial charge >= 0.3 is 0 Å². The summed E-state index contributed by atoms with van der Waals surface area (Å²) in [5.74, 6) is 0. The van der Waals surface area contributed by atoms with E-state index in [0.717, 1.165) is 37.7 Å². The van der Waals surface area contributed by atoms with Gasteiger partial charge in [0.2, 0.25) is 0 Å². The highest BCUT2D eigenvalue weighted by Crippen LogP contribution is 2.26. The first-order valence-electron chi connectivity index (χ1n) is 7.13. The number of nitrogens with zero attached hydrogens (tertiary/aromatic N) is 3. The van der Waals surface area contributed by atoms with Crippen LogP contribution in [-0.4, -0.2) is 50.7 Å². The molecule has 110 valence electrons. The lowest BCUT2D eigenvalue weighted by atomic mass is 10.3. The molecule has 1 aromatic rings. The average molecular weight is 284 g/mol. The molecule has 0 saturated carbocycles. The van der Waals surface area contributed by atoms with Gasteiger partial charge in [-0.05, 0) is 33.5 Å². The van der Waals surface area contributed by atoms with E-state index in [1.165, 1.54) is 17.0 Å². The third kappa shape index (κ3) is 5.47. The largest absolute Gasteiger partial charge is 0.350 e. The second-order valence-electron chi connectivity index (χ2n) is 5.12. The van der Waals surface area contributed by atoms with Crippen LogP contribution in [0.4, 0.5) is 5.13 Å². The Morgan fingerprint density at radius 2 is 1.89 bits per heavy atom. The van der Waals surface area contributed by atoms with Crippen LogP contribution in [0.15, 0.2) is 0 Å². The van der Waals surface area contributed by atoms with Crippen molar-refractivity contribution >= 4 is 16.5 Å². The number of aromatic nitrogens is 1. The zero-order valence-corrected chi connectivity index (χ0v) is 13.8. The average Bonchev–Trinajstić information content (AvgIpc) is 2.79. The lowest BCUT2D eigenvalue weighted by molar-refractivity contribution is 0.416. The van der Waals surface area contributed by atoms with Crippen LogP contribution in [0.2, 0.25) is 0 Å². The van der Waals surface area contributed by atoms with Crippen LogP contribution < -0.4 is 10.2 Å². The molecular weight excluding hydrogens is 256 g/mol.